The summed E-state index contributed by atoms with van der Waals surface area (Å²) in [7, 11) is 1.37. The van der Waals surface area contributed by atoms with E-state index >= 15 is 0 Å². The smallest absolute Gasteiger partial charge is 0.307 e. The zero-order chi connectivity index (χ0) is 26.6. The number of allylic oxidation sites excluding steroid dienone is 4. The largest absolute Gasteiger partial charge is 0.469 e. The molecule has 0 fully saturated rings. The normalized spacial score (nSPS) is 11.1. The number of para-hydroxylation sites is 1. The van der Waals surface area contributed by atoms with Crippen molar-refractivity contribution in [3.8, 4) is 12.8 Å². The zero-order valence-electron chi connectivity index (χ0n) is 21.9. The lowest BCUT2D eigenvalue weighted by Gasteiger charge is -2.24. The number of benzene rings is 1. The van der Waals surface area contributed by atoms with Gasteiger partial charge in [0.1, 0.15) is 6.61 Å². The Labute approximate surface area is 216 Å². The van der Waals surface area contributed by atoms with Crippen LogP contribution in [-0.4, -0.2) is 31.4 Å². The molecule has 6 heteroatoms. The third kappa shape index (κ3) is 11.2. The van der Waals surface area contributed by atoms with Crippen molar-refractivity contribution >= 4 is 17.2 Å². The van der Waals surface area contributed by atoms with Gasteiger partial charge in [0.2, 0.25) is 0 Å². The molecule has 0 atom stereocenters. The molecule has 0 unspecified atom stereocenters. The number of aromatic nitrogens is 1. The van der Waals surface area contributed by atoms with E-state index in [4.69, 9.17) is 9.26 Å². The Morgan fingerprint density at radius 1 is 1.19 bits per heavy atom. The zero-order valence-corrected chi connectivity index (χ0v) is 21.9. The lowest BCUT2D eigenvalue weighted by Crippen LogP contribution is -2.18. The number of nitrogens with zero attached hydrogens (tertiary/aromatic N) is 2. The summed E-state index contributed by atoms with van der Waals surface area (Å²) in [6, 6.07) is 10.5. The van der Waals surface area contributed by atoms with E-state index in [0.29, 0.717) is 19.0 Å². The first-order valence-corrected chi connectivity index (χ1v) is 12.3. The molecule has 0 spiro atoms. The summed E-state index contributed by atoms with van der Waals surface area (Å²) in [5.41, 5.74) is 4.70. The molecule has 0 N–H and O–H groups in total. The Balaban J connectivity index is 0.00000316. The van der Waals surface area contributed by atoms with Gasteiger partial charge in [0.15, 0.2) is 5.76 Å². The molecule has 0 aliphatic carbocycles. The van der Waals surface area contributed by atoms with Crippen molar-refractivity contribution in [3.63, 3.8) is 0 Å². The summed E-state index contributed by atoms with van der Waals surface area (Å²) in [5, 5.41) is 4.12. The minimum absolute atomic E-state index is 0.235. The van der Waals surface area contributed by atoms with Crippen LogP contribution in [0.3, 0.4) is 0 Å². The number of esters is 1. The lowest BCUT2D eigenvalue weighted by atomic mass is 10.0. The maximum absolute atomic E-state index is 11.1. The van der Waals surface area contributed by atoms with E-state index in [0.717, 1.165) is 44.3 Å². The van der Waals surface area contributed by atoms with Gasteiger partial charge < -0.3 is 18.9 Å². The number of rotatable bonds is 16. The number of anilines is 1. The van der Waals surface area contributed by atoms with Gasteiger partial charge >= 0.3 is 5.97 Å². The minimum atomic E-state index is -0.282. The van der Waals surface area contributed by atoms with Gasteiger partial charge in [0, 0.05) is 30.1 Å². The summed E-state index contributed by atoms with van der Waals surface area (Å²) in [6.45, 7) is 9.62. The first-order valence-electron chi connectivity index (χ1n) is 12.3. The van der Waals surface area contributed by atoms with E-state index in [1.165, 1.54) is 23.9 Å². The van der Waals surface area contributed by atoms with Gasteiger partial charge in [0.25, 0.3) is 0 Å². The Kier molecular flexibility index (Phi) is 15.9. The summed E-state index contributed by atoms with van der Waals surface area (Å²) in [5.74, 6) is 0.398. The number of hydrogen-bond donors (Lipinski definition) is 0. The molecule has 194 valence electrons. The van der Waals surface area contributed by atoms with Gasteiger partial charge in [-0.2, -0.15) is 0 Å². The van der Waals surface area contributed by atoms with Crippen LogP contribution in [-0.2, 0) is 27.3 Å². The molecule has 0 bridgehead atoms. The monoisotopic (exact) mass is 492 g/mol. The van der Waals surface area contributed by atoms with Crippen molar-refractivity contribution in [2.24, 2.45) is 0 Å². The Bertz CT molecular complexity index is 988. The standard InChI is InChI=1S/C28H38N2O4.C2H2/c1-5-7-18-30(27-16-12-11-15-26(27)23(3)6-2)19-13-9-8-10-14-24-21-25(34-29-24)22-33-20-17-28(31)32-4;1-2/h5-7,11-12,15-16,18,21H,1,8-10,13-14,17,19-20,22H2,2-4H3;1-2H/b18-7+,23-6+;. The fraction of sp³-hybridized carbons (Fsp3) is 0.400. The molecule has 0 aliphatic heterocycles. The van der Waals surface area contributed by atoms with Crippen LogP contribution >= 0.6 is 0 Å². The second-order valence-electron chi connectivity index (χ2n) is 8.09. The van der Waals surface area contributed by atoms with Crippen LogP contribution in [0, 0.1) is 12.8 Å². The predicted octanol–water partition coefficient (Wildman–Crippen LogP) is 6.74. The third-order valence-corrected chi connectivity index (χ3v) is 5.59. The number of methoxy groups -OCH3 is 1. The number of aryl methyl sites for hydroxylation is 1. The average Bonchev–Trinajstić information content (AvgIpc) is 3.38. The van der Waals surface area contributed by atoms with Gasteiger partial charge in [-0.1, -0.05) is 54.9 Å². The van der Waals surface area contributed by atoms with Crippen LogP contribution in [0.5, 0.6) is 0 Å². The van der Waals surface area contributed by atoms with Gasteiger partial charge in [-0.05, 0) is 50.8 Å². The maximum Gasteiger partial charge on any atom is 0.307 e. The summed E-state index contributed by atoms with van der Waals surface area (Å²) in [4.78, 5) is 13.4. The molecule has 0 radical (unpaired) electrons. The number of hydrogen-bond acceptors (Lipinski definition) is 6. The first kappa shape index (κ1) is 30.5. The summed E-state index contributed by atoms with van der Waals surface area (Å²) in [6.07, 6.45) is 21.6. The molecular formula is C30H40N2O4. The van der Waals surface area contributed by atoms with E-state index in [-0.39, 0.29) is 12.4 Å². The van der Waals surface area contributed by atoms with Crippen LogP contribution < -0.4 is 4.90 Å². The van der Waals surface area contributed by atoms with E-state index in [9.17, 15) is 4.79 Å². The molecule has 6 nitrogen and oxygen atoms in total. The summed E-state index contributed by atoms with van der Waals surface area (Å²) >= 11 is 0. The molecule has 1 aromatic carbocycles. The van der Waals surface area contributed by atoms with Gasteiger partial charge in [0.05, 0.1) is 25.8 Å². The van der Waals surface area contributed by atoms with Crippen molar-refractivity contribution in [1.82, 2.24) is 5.16 Å². The van der Waals surface area contributed by atoms with E-state index in [2.05, 4.69) is 84.6 Å². The minimum Gasteiger partial charge on any atom is -0.469 e. The second kappa shape index (κ2) is 18.7. The molecule has 0 saturated carbocycles. The quantitative estimate of drug-likeness (QED) is 0.112. The van der Waals surface area contributed by atoms with Crippen molar-refractivity contribution in [2.45, 2.75) is 59.0 Å². The fourth-order valence-corrected chi connectivity index (χ4v) is 3.57. The highest BCUT2D eigenvalue weighted by molar-refractivity contribution is 5.76. The Morgan fingerprint density at radius 2 is 1.94 bits per heavy atom. The molecule has 0 aliphatic rings. The van der Waals surface area contributed by atoms with Crippen molar-refractivity contribution in [1.29, 1.82) is 0 Å². The molecule has 1 heterocycles. The first-order chi connectivity index (χ1) is 17.6. The van der Waals surface area contributed by atoms with E-state index in [1.807, 2.05) is 18.2 Å². The van der Waals surface area contributed by atoms with E-state index < -0.39 is 0 Å². The van der Waals surface area contributed by atoms with Gasteiger partial charge in [-0.25, -0.2) is 0 Å². The predicted molar refractivity (Wildman–Crippen MR) is 147 cm³/mol. The second-order valence-corrected chi connectivity index (χ2v) is 8.09. The topological polar surface area (TPSA) is 64.8 Å². The number of ether oxygens (including phenoxy) is 2. The number of terminal acetylenes is 1. The van der Waals surface area contributed by atoms with Crippen LogP contribution in [0.2, 0.25) is 0 Å². The highest BCUT2D eigenvalue weighted by Gasteiger charge is 2.10. The number of carbonyl (C=O) groups is 1. The lowest BCUT2D eigenvalue weighted by molar-refractivity contribution is -0.142. The molecular weight excluding hydrogens is 452 g/mol. The van der Waals surface area contributed by atoms with Gasteiger partial charge in [-0.15, -0.1) is 12.8 Å². The molecule has 1 aromatic heterocycles. The fourth-order valence-electron chi connectivity index (χ4n) is 3.57. The van der Waals surface area contributed by atoms with Crippen molar-refractivity contribution in [3.05, 3.63) is 78.4 Å². The van der Waals surface area contributed by atoms with Crippen molar-refractivity contribution in [2.75, 3.05) is 25.2 Å². The van der Waals surface area contributed by atoms with Crippen LogP contribution in [0.4, 0.5) is 5.69 Å². The number of carbonyl (C=O) groups excluding carboxylic acids is 1. The van der Waals surface area contributed by atoms with Crippen LogP contribution in [0.15, 0.2) is 65.9 Å². The Hall–Kier alpha value is -3.56. The summed E-state index contributed by atoms with van der Waals surface area (Å²) < 4.78 is 15.3. The number of unbranched alkanes of at least 4 members (excludes halogenated alkanes) is 3. The highest BCUT2D eigenvalue weighted by atomic mass is 16.5. The van der Waals surface area contributed by atoms with E-state index in [1.54, 1.807) is 0 Å². The maximum atomic E-state index is 11.1. The molecule has 2 rings (SSSR count). The highest BCUT2D eigenvalue weighted by Crippen LogP contribution is 2.27. The van der Waals surface area contributed by atoms with Gasteiger partial charge in [-0.3, -0.25) is 4.79 Å². The molecule has 2 aromatic rings. The third-order valence-electron chi connectivity index (χ3n) is 5.59. The Morgan fingerprint density at radius 3 is 2.67 bits per heavy atom. The average molecular weight is 493 g/mol. The van der Waals surface area contributed by atoms with Crippen molar-refractivity contribution < 1.29 is 18.8 Å². The van der Waals surface area contributed by atoms with Crippen LogP contribution in [0.1, 0.15) is 63.0 Å². The molecule has 0 saturated heterocycles. The van der Waals surface area contributed by atoms with Crippen LogP contribution in [0.25, 0.3) is 5.57 Å². The SMILES string of the molecule is C#C.C=C/C=C/N(CCCCCCc1cc(COCCC(=O)OC)on1)c1ccccc1/C(C)=C/C. The molecule has 0 amide bonds. The molecule has 36 heavy (non-hydrogen) atoms.